The maximum absolute atomic E-state index is 12.8. The summed E-state index contributed by atoms with van der Waals surface area (Å²) in [7, 11) is 0. The van der Waals surface area contributed by atoms with Crippen LogP contribution in [0.1, 0.15) is 24.6 Å². The smallest absolute Gasteiger partial charge is 0.311 e. The van der Waals surface area contributed by atoms with E-state index in [0.29, 0.717) is 3.57 Å². The van der Waals surface area contributed by atoms with Crippen molar-refractivity contribution in [2.75, 3.05) is 12.3 Å². The zero-order valence-corrected chi connectivity index (χ0v) is 11.2. The van der Waals surface area contributed by atoms with Gasteiger partial charge in [0.25, 0.3) is 6.43 Å². The van der Waals surface area contributed by atoms with Gasteiger partial charge in [0.2, 0.25) is 0 Å². The minimum atomic E-state index is -2.76. The van der Waals surface area contributed by atoms with Crippen molar-refractivity contribution in [1.82, 2.24) is 4.98 Å². The molecule has 0 radical (unpaired) electrons. The minimum Gasteiger partial charge on any atom is -0.466 e. The number of anilines is 1. The van der Waals surface area contributed by atoms with Crippen LogP contribution in [-0.4, -0.2) is 17.6 Å². The lowest BCUT2D eigenvalue weighted by molar-refractivity contribution is -0.142. The van der Waals surface area contributed by atoms with Crippen molar-refractivity contribution in [3.05, 3.63) is 21.0 Å². The molecule has 94 valence electrons. The van der Waals surface area contributed by atoms with Crippen molar-refractivity contribution >= 4 is 34.2 Å². The SMILES string of the molecule is CCOC(=O)Cc1ncc(I)c(N)c1C(F)F. The zero-order valence-electron chi connectivity index (χ0n) is 9.04. The fourth-order valence-corrected chi connectivity index (χ4v) is 1.72. The van der Waals surface area contributed by atoms with Gasteiger partial charge in [-0.15, -0.1) is 0 Å². The molecule has 1 aromatic rings. The number of nitrogens with two attached hydrogens (primary N) is 1. The highest BCUT2D eigenvalue weighted by atomic mass is 127. The zero-order chi connectivity index (χ0) is 13.0. The first-order valence-corrected chi connectivity index (χ1v) is 5.91. The van der Waals surface area contributed by atoms with E-state index in [1.807, 2.05) is 22.6 Å². The van der Waals surface area contributed by atoms with E-state index in [2.05, 4.69) is 9.72 Å². The maximum atomic E-state index is 12.8. The molecule has 1 heterocycles. The van der Waals surface area contributed by atoms with Crippen molar-refractivity contribution in [2.24, 2.45) is 0 Å². The van der Waals surface area contributed by atoms with Crippen LogP contribution in [0.5, 0.6) is 0 Å². The molecule has 0 fully saturated rings. The van der Waals surface area contributed by atoms with Gasteiger partial charge in [-0.25, -0.2) is 8.78 Å². The Kier molecular flexibility index (Phi) is 5.03. The van der Waals surface area contributed by atoms with Gasteiger partial charge < -0.3 is 10.5 Å². The van der Waals surface area contributed by atoms with Gasteiger partial charge in [0.1, 0.15) is 0 Å². The summed E-state index contributed by atoms with van der Waals surface area (Å²) in [6.45, 7) is 1.84. The third kappa shape index (κ3) is 3.48. The van der Waals surface area contributed by atoms with Crippen LogP contribution < -0.4 is 5.73 Å². The second-order valence-electron chi connectivity index (χ2n) is 3.16. The van der Waals surface area contributed by atoms with Crippen LogP contribution in [-0.2, 0) is 16.0 Å². The lowest BCUT2D eigenvalue weighted by atomic mass is 10.1. The van der Waals surface area contributed by atoms with Crippen LogP contribution in [0, 0.1) is 3.57 Å². The number of aromatic nitrogens is 1. The van der Waals surface area contributed by atoms with E-state index in [0.717, 1.165) is 0 Å². The Labute approximate surface area is 111 Å². The van der Waals surface area contributed by atoms with Gasteiger partial charge in [-0.1, -0.05) is 0 Å². The average molecular weight is 356 g/mol. The second kappa shape index (κ2) is 6.08. The Bertz CT molecular complexity index is 427. The summed E-state index contributed by atoms with van der Waals surface area (Å²) in [5, 5.41) is 0. The van der Waals surface area contributed by atoms with Crippen molar-refractivity contribution in [2.45, 2.75) is 19.8 Å². The largest absolute Gasteiger partial charge is 0.466 e. The van der Waals surface area contributed by atoms with Gasteiger partial charge >= 0.3 is 5.97 Å². The van der Waals surface area contributed by atoms with Crippen molar-refractivity contribution in [1.29, 1.82) is 0 Å². The highest BCUT2D eigenvalue weighted by Gasteiger charge is 2.21. The predicted molar refractivity (Wildman–Crippen MR) is 66.7 cm³/mol. The summed E-state index contributed by atoms with van der Waals surface area (Å²) in [6, 6.07) is 0. The third-order valence-corrected chi connectivity index (χ3v) is 2.89. The lowest BCUT2D eigenvalue weighted by Crippen LogP contribution is -2.13. The van der Waals surface area contributed by atoms with Crippen LogP contribution in [0.3, 0.4) is 0 Å². The molecule has 0 saturated carbocycles. The van der Waals surface area contributed by atoms with E-state index in [1.54, 1.807) is 6.92 Å². The van der Waals surface area contributed by atoms with Crippen LogP contribution in [0.4, 0.5) is 14.5 Å². The fraction of sp³-hybridized carbons (Fsp3) is 0.400. The number of nitrogen functional groups attached to an aromatic ring is 1. The van der Waals surface area contributed by atoms with Crippen LogP contribution in [0.15, 0.2) is 6.20 Å². The van der Waals surface area contributed by atoms with E-state index >= 15 is 0 Å². The number of esters is 1. The second-order valence-corrected chi connectivity index (χ2v) is 4.32. The molecular formula is C10H11F2IN2O2. The average Bonchev–Trinajstić information content (AvgIpc) is 2.23. The van der Waals surface area contributed by atoms with Crippen LogP contribution in [0.2, 0.25) is 0 Å². The fourth-order valence-electron chi connectivity index (χ4n) is 1.29. The molecule has 0 unspecified atom stereocenters. The standard InChI is InChI=1S/C10H11F2IN2O2/c1-2-17-7(16)3-6-8(10(11)12)9(14)5(13)4-15-6/h4,10H,2-3H2,1H3,(H2,14,15). The van der Waals surface area contributed by atoms with E-state index in [9.17, 15) is 13.6 Å². The monoisotopic (exact) mass is 356 g/mol. The third-order valence-electron chi connectivity index (χ3n) is 2.03. The number of pyridine rings is 1. The first-order chi connectivity index (χ1) is 7.97. The molecule has 4 nitrogen and oxygen atoms in total. The van der Waals surface area contributed by atoms with Gasteiger partial charge in [-0.05, 0) is 29.5 Å². The molecule has 0 saturated heterocycles. The highest BCUT2D eigenvalue weighted by molar-refractivity contribution is 14.1. The normalized spacial score (nSPS) is 10.6. The summed E-state index contributed by atoms with van der Waals surface area (Å²) in [6.07, 6.45) is -1.70. The topological polar surface area (TPSA) is 65.2 Å². The summed E-state index contributed by atoms with van der Waals surface area (Å²) in [5.41, 5.74) is 5.11. The Hall–Kier alpha value is -0.990. The number of carbonyl (C=O) groups excluding carboxylic acids is 1. The van der Waals surface area contributed by atoms with E-state index in [4.69, 9.17) is 5.73 Å². The predicted octanol–water partition coefficient (Wildman–Crippen LogP) is 2.31. The summed E-state index contributed by atoms with van der Waals surface area (Å²) in [4.78, 5) is 15.0. The summed E-state index contributed by atoms with van der Waals surface area (Å²) in [5.74, 6) is -0.595. The lowest BCUT2D eigenvalue weighted by Gasteiger charge is -2.11. The first kappa shape index (κ1) is 14.1. The number of halogens is 3. The minimum absolute atomic E-state index is 0.0311. The maximum Gasteiger partial charge on any atom is 0.311 e. The van der Waals surface area contributed by atoms with Gasteiger partial charge in [-0.2, -0.15) is 0 Å². The Balaban J connectivity index is 3.07. The molecule has 0 spiro atoms. The van der Waals surface area contributed by atoms with Crippen molar-refractivity contribution in [3.63, 3.8) is 0 Å². The molecule has 2 N–H and O–H groups in total. The molecule has 0 aliphatic rings. The van der Waals surface area contributed by atoms with Crippen molar-refractivity contribution in [3.8, 4) is 0 Å². The van der Waals surface area contributed by atoms with E-state index in [-0.39, 0.29) is 30.0 Å². The Morgan fingerprint density at radius 3 is 2.82 bits per heavy atom. The molecule has 17 heavy (non-hydrogen) atoms. The van der Waals surface area contributed by atoms with E-state index < -0.39 is 12.4 Å². The highest BCUT2D eigenvalue weighted by Crippen LogP contribution is 2.30. The van der Waals surface area contributed by atoms with Gasteiger partial charge in [-0.3, -0.25) is 9.78 Å². The van der Waals surface area contributed by atoms with Gasteiger partial charge in [0, 0.05) is 6.20 Å². The molecule has 1 aromatic heterocycles. The van der Waals surface area contributed by atoms with Gasteiger partial charge in [0.15, 0.2) is 0 Å². The van der Waals surface area contributed by atoms with Crippen molar-refractivity contribution < 1.29 is 18.3 Å². The molecule has 0 atom stereocenters. The number of carbonyl (C=O) groups is 1. The molecule has 0 aliphatic carbocycles. The van der Waals surface area contributed by atoms with E-state index in [1.165, 1.54) is 6.20 Å². The number of alkyl halides is 2. The quantitative estimate of drug-likeness (QED) is 0.664. The number of rotatable bonds is 4. The van der Waals surface area contributed by atoms with Gasteiger partial charge in [0.05, 0.1) is 33.5 Å². The van der Waals surface area contributed by atoms with Crippen LogP contribution in [0.25, 0.3) is 0 Å². The number of hydrogen-bond donors (Lipinski definition) is 1. The molecular weight excluding hydrogens is 345 g/mol. The number of hydrogen-bond acceptors (Lipinski definition) is 4. The molecule has 0 aromatic carbocycles. The summed E-state index contributed by atoms with van der Waals surface area (Å²) < 4.78 is 30.8. The number of nitrogens with zero attached hydrogens (tertiary/aromatic N) is 1. The van der Waals surface area contributed by atoms with Crippen LogP contribution >= 0.6 is 22.6 Å². The Morgan fingerprint density at radius 2 is 2.29 bits per heavy atom. The Morgan fingerprint density at radius 1 is 1.65 bits per heavy atom. The summed E-state index contributed by atoms with van der Waals surface area (Å²) >= 11 is 1.81. The molecule has 0 bridgehead atoms. The molecule has 1 rings (SSSR count). The first-order valence-electron chi connectivity index (χ1n) is 4.83. The molecule has 0 amide bonds. The molecule has 0 aliphatic heterocycles. The number of ether oxygens (including phenoxy) is 1. The molecule has 7 heteroatoms.